The number of aliphatic hydroxyl groups excluding tert-OH is 2. The molecule has 0 spiro atoms. The zero-order chi connectivity index (χ0) is 20.5. The van der Waals surface area contributed by atoms with E-state index in [0.717, 1.165) is 15.7 Å². The van der Waals surface area contributed by atoms with Crippen LogP contribution in [0.1, 0.15) is 85.0 Å². The molecule has 0 aromatic rings. The Balaban J connectivity index is 3.76. The summed E-state index contributed by atoms with van der Waals surface area (Å²) in [5, 5.41) is 18.0. The topological polar surface area (TPSA) is 66.8 Å². The molecule has 7 heteroatoms. The summed E-state index contributed by atoms with van der Waals surface area (Å²) in [7, 11) is 0. The van der Waals surface area contributed by atoms with Gasteiger partial charge in [-0.15, -0.1) is 11.8 Å². The first-order chi connectivity index (χ1) is 12.9. The van der Waals surface area contributed by atoms with Crippen molar-refractivity contribution in [2.75, 3.05) is 19.0 Å². The van der Waals surface area contributed by atoms with Crippen molar-refractivity contribution < 1.29 is 19.7 Å². The lowest BCUT2D eigenvalue weighted by atomic mass is 10.1. The minimum Gasteiger partial charge on any atom is -0.456 e. The highest BCUT2D eigenvalue weighted by Crippen LogP contribution is 2.32. The lowest BCUT2D eigenvalue weighted by molar-refractivity contribution is -0.155. The molecular weight excluding hydrogens is 400 g/mol. The first-order valence-electron chi connectivity index (χ1n) is 10.2. The highest BCUT2D eigenvalue weighted by atomic mass is 32.2. The summed E-state index contributed by atoms with van der Waals surface area (Å²) in [4.78, 5) is 12.2. The van der Waals surface area contributed by atoms with Crippen LogP contribution in [0.15, 0.2) is 0 Å². The van der Waals surface area contributed by atoms with Gasteiger partial charge in [0, 0.05) is 0 Å². The highest BCUT2D eigenvalue weighted by Gasteiger charge is 2.33. The summed E-state index contributed by atoms with van der Waals surface area (Å²) < 4.78 is 5.00. The number of hydrogen-bond acceptors (Lipinski definition) is 7. The van der Waals surface area contributed by atoms with Crippen LogP contribution in [-0.4, -0.2) is 49.5 Å². The van der Waals surface area contributed by atoms with Gasteiger partial charge in [-0.25, -0.2) is 0 Å². The number of aliphatic hydroxyl groups is 2. The molecule has 0 aliphatic rings. The maximum absolute atomic E-state index is 12.2. The minimum atomic E-state index is -0.870. The lowest BCUT2D eigenvalue weighted by Crippen LogP contribution is -2.36. The average molecular weight is 439 g/mol. The largest absolute Gasteiger partial charge is 0.456 e. The van der Waals surface area contributed by atoms with E-state index in [2.05, 4.69) is 6.92 Å². The number of esters is 1. The first-order valence-corrected chi connectivity index (χ1v) is 12.4. The molecule has 0 bridgehead atoms. The van der Waals surface area contributed by atoms with Gasteiger partial charge in [0.25, 0.3) is 0 Å². The van der Waals surface area contributed by atoms with Crippen LogP contribution < -0.4 is 0 Å². The van der Waals surface area contributed by atoms with E-state index in [0.29, 0.717) is 0 Å². The number of rotatable bonds is 16. The molecular formula is C20H38O4S3. The van der Waals surface area contributed by atoms with Gasteiger partial charge in [-0.1, -0.05) is 88.7 Å². The van der Waals surface area contributed by atoms with Gasteiger partial charge in [0.1, 0.15) is 14.4 Å². The number of ether oxygens (including phenoxy) is 1. The Morgan fingerprint density at radius 3 is 1.93 bits per heavy atom. The van der Waals surface area contributed by atoms with Crippen LogP contribution in [0, 0.1) is 0 Å². The Labute approximate surface area is 179 Å². The fourth-order valence-corrected chi connectivity index (χ4v) is 5.50. The van der Waals surface area contributed by atoms with E-state index in [1.54, 1.807) is 25.6 Å². The SMILES string of the molecule is CCCCCCCCCCCCSC(=S)SC(C)(C)C(=O)OC(CO)CO. The molecule has 0 unspecified atom stereocenters. The van der Waals surface area contributed by atoms with Gasteiger partial charge in [-0.2, -0.15) is 0 Å². The Kier molecular flexibility index (Phi) is 17.2. The molecule has 0 fully saturated rings. The van der Waals surface area contributed by atoms with Gasteiger partial charge in [0.05, 0.1) is 13.2 Å². The van der Waals surface area contributed by atoms with Crippen LogP contribution in [0.3, 0.4) is 0 Å². The number of unbranched alkanes of at least 4 members (excludes halogenated alkanes) is 9. The molecule has 0 aliphatic carbocycles. The fourth-order valence-electron chi connectivity index (χ4n) is 2.45. The van der Waals surface area contributed by atoms with Crippen molar-refractivity contribution in [1.82, 2.24) is 0 Å². The standard InChI is InChI=1S/C20H38O4S3/c1-4-5-6-7-8-9-10-11-12-13-14-26-19(25)27-20(2,3)18(23)24-17(15-21)16-22/h17,21-22H,4-16H2,1-3H3. The van der Waals surface area contributed by atoms with Crippen molar-refractivity contribution in [2.24, 2.45) is 0 Å². The molecule has 160 valence electrons. The third kappa shape index (κ3) is 14.8. The van der Waals surface area contributed by atoms with Crippen LogP contribution >= 0.6 is 35.7 Å². The van der Waals surface area contributed by atoms with Crippen LogP contribution in [-0.2, 0) is 9.53 Å². The fraction of sp³-hybridized carbons (Fsp3) is 0.900. The summed E-state index contributed by atoms with van der Waals surface area (Å²) in [5.41, 5.74) is 0. The Morgan fingerprint density at radius 2 is 1.44 bits per heavy atom. The monoisotopic (exact) mass is 438 g/mol. The number of hydrogen-bond donors (Lipinski definition) is 2. The molecule has 0 atom stereocenters. The van der Waals surface area contributed by atoms with Crippen molar-refractivity contribution in [3.05, 3.63) is 0 Å². The third-order valence-electron chi connectivity index (χ3n) is 4.23. The molecule has 4 nitrogen and oxygen atoms in total. The van der Waals surface area contributed by atoms with Crippen molar-refractivity contribution in [3.8, 4) is 0 Å². The predicted molar refractivity (Wildman–Crippen MR) is 123 cm³/mol. The van der Waals surface area contributed by atoms with Gasteiger partial charge in [0.15, 0.2) is 0 Å². The summed E-state index contributed by atoms with van der Waals surface area (Å²) in [6.45, 7) is 4.97. The van der Waals surface area contributed by atoms with Crippen molar-refractivity contribution >= 4 is 45.2 Å². The molecule has 0 saturated carbocycles. The maximum atomic E-state index is 12.2. The van der Waals surface area contributed by atoms with E-state index < -0.39 is 16.8 Å². The molecule has 0 aromatic carbocycles. The Morgan fingerprint density at radius 1 is 0.963 bits per heavy atom. The van der Waals surface area contributed by atoms with Gasteiger partial charge in [-0.3, -0.25) is 4.79 Å². The van der Waals surface area contributed by atoms with Crippen LogP contribution in [0.4, 0.5) is 0 Å². The van der Waals surface area contributed by atoms with E-state index in [-0.39, 0.29) is 13.2 Å². The zero-order valence-electron chi connectivity index (χ0n) is 17.2. The second kappa shape index (κ2) is 17.1. The van der Waals surface area contributed by atoms with E-state index >= 15 is 0 Å². The van der Waals surface area contributed by atoms with E-state index in [1.807, 2.05) is 0 Å². The molecule has 0 saturated heterocycles. The van der Waals surface area contributed by atoms with Gasteiger partial charge in [-0.05, 0) is 26.0 Å². The van der Waals surface area contributed by atoms with Crippen molar-refractivity contribution in [2.45, 2.75) is 95.8 Å². The molecule has 0 amide bonds. The summed E-state index contributed by atoms with van der Waals surface area (Å²) >= 11 is 8.31. The molecule has 2 N–H and O–H groups in total. The number of thioether (sulfide) groups is 2. The second-order valence-electron chi connectivity index (χ2n) is 7.29. The average Bonchev–Trinajstić information content (AvgIpc) is 2.63. The van der Waals surface area contributed by atoms with Crippen molar-refractivity contribution in [3.63, 3.8) is 0 Å². The number of carbonyl (C=O) groups is 1. The molecule has 0 aliphatic heterocycles. The third-order valence-corrected chi connectivity index (χ3v) is 7.01. The Bertz CT molecular complexity index is 399. The second-order valence-corrected chi connectivity index (χ2v) is 11.2. The summed E-state index contributed by atoms with van der Waals surface area (Å²) in [6, 6.07) is 0. The van der Waals surface area contributed by atoms with Crippen molar-refractivity contribution in [1.29, 1.82) is 0 Å². The lowest BCUT2D eigenvalue weighted by Gasteiger charge is -2.24. The van der Waals surface area contributed by atoms with Crippen LogP contribution in [0.25, 0.3) is 0 Å². The van der Waals surface area contributed by atoms with Crippen LogP contribution in [0.5, 0.6) is 0 Å². The predicted octanol–water partition coefficient (Wildman–Crippen LogP) is 5.33. The normalized spacial score (nSPS) is 11.8. The molecule has 0 radical (unpaired) electrons. The smallest absolute Gasteiger partial charge is 0.322 e. The van der Waals surface area contributed by atoms with Crippen LogP contribution in [0.2, 0.25) is 0 Å². The molecule has 0 aromatic heterocycles. The highest BCUT2D eigenvalue weighted by molar-refractivity contribution is 8.47. The number of thiocarbonyl (C=S) groups is 1. The minimum absolute atomic E-state index is 0.388. The summed E-state index contributed by atoms with van der Waals surface area (Å²) in [5.74, 6) is 0.506. The first kappa shape index (κ1) is 27.2. The number of carbonyl (C=O) groups excluding carboxylic acids is 1. The van der Waals surface area contributed by atoms with E-state index in [9.17, 15) is 4.79 Å². The van der Waals surface area contributed by atoms with Gasteiger partial charge >= 0.3 is 5.97 Å². The Hall–Kier alpha value is 0.180. The molecule has 0 heterocycles. The van der Waals surface area contributed by atoms with Gasteiger partial charge in [0.2, 0.25) is 0 Å². The quantitative estimate of drug-likeness (QED) is 0.192. The van der Waals surface area contributed by atoms with E-state index in [4.69, 9.17) is 27.2 Å². The van der Waals surface area contributed by atoms with E-state index in [1.165, 1.54) is 69.5 Å². The zero-order valence-corrected chi connectivity index (χ0v) is 19.7. The van der Waals surface area contributed by atoms with Gasteiger partial charge < -0.3 is 14.9 Å². The molecule has 27 heavy (non-hydrogen) atoms. The summed E-state index contributed by atoms with van der Waals surface area (Å²) in [6.07, 6.45) is 12.3. The maximum Gasteiger partial charge on any atom is 0.322 e. The molecule has 0 rings (SSSR count).